The number of aromatic nitrogens is 1. The van der Waals surface area contributed by atoms with Gasteiger partial charge in [-0.15, -0.1) is 12.3 Å². The molecule has 1 unspecified atom stereocenters. The van der Waals surface area contributed by atoms with Gasteiger partial charge in [0, 0.05) is 12.6 Å². The second-order valence-electron chi connectivity index (χ2n) is 3.46. The van der Waals surface area contributed by atoms with Crippen LogP contribution >= 0.6 is 23.2 Å². The average Bonchev–Trinajstić information content (AvgIpc) is 2.26. The molecule has 0 radical (unpaired) electrons. The van der Waals surface area contributed by atoms with Crippen LogP contribution in [0.5, 0.6) is 0 Å². The molecular formula is C12H14Cl2N2. The summed E-state index contributed by atoms with van der Waals surface area (Å²) in [5.74, 6) is 2.62. The summed E-state index contributed by atoms with van der Waals surface area (Å²) in [4.78, 5) is 4.25. The van der Waals surface area contributed by atoms with Crippen LogP contribution in [0.4, 0.5) is 0 Å². The summed E-state index contributed by atoms with van der Waals surface area (Å²) in [6.07, 6.45) is 9.45. The van der Waals surface area contributed by atoms with E-state index in [1.807, 2.05) is 7.05 Å². The van der Waals surface area contributed by atoms with Gasteiger partial charge in [0.1, 0.15) is 0 Å². The molecule has 0 saturated carbocycles. The highest BCUT2D eigenvalue weighted by molar-refractivity contribution is 6.34. The monoisotopic (exact) mass is 256 g/mol. The average molecular weight is 257 g/mol. The standard InChI is InChI=1S/C12H14Cl2N2/c1-3-4-5-6-11(15-2)12-10(14)7-9(13)8-16-12/h1,7-8,11,15H,4-6H2,2H3. The Kier molecular flexibility index (Phi) is 5.62. The van der Waals surface area contributed by atoms with Gasteiger partial charge < -0.3 is 5.32 Å². The number of halogens is 2. The minimum atomic E-state index is 0.123. The molecule has 2 nitrogen and oxygen atoms in total. The number of nitrogens with one attached hydrogen (secondary N) is 1. The van der Waals surface area contributed by atoms with Crippen molar-refractivity contribution in [2.45, 2.75) is 25.3 Å². The molecule has 1 N–H and O–H groups in total. The van der Waals surface area contributed by atoms with E-state index in [1.54, 1.807) is 12.3 Å². The molecule has 0 fully saturated rings. The lowest BCUT2D eigenvalue weighted by Gasteiger charge is -2.16. The zero-order valence-electron chi connectivity index (χ0n) is 9.13. The number of nitrogens with zero attached hydrogens (tertiary/aromatic N) is 1. The minimum absolute atomic E-state index is 0.123. The molecule has 0 saturated heterocycles. The van der Waals surface area contributed by atoms with Crippen LogP contribution in [0.25, 0.3) is 0 Å². The number of rotatable bonds is 5. The highest BCUT2D eigenvalue weighted by atomic mass is 35.5. The molecule has 16 heavy (non-hydrogen) atoms. The summed E-state index contributed by atoms with van der Waals surface area (Å²) in [5, 5.41) is 4.32. The lowest BCUT2D eigenvalue weighted by Crippen LogP contribution is -2.18. The molecule has 0 amide bonds. The predicted molar refractivity (Wildman–Crippen MR) is 68.7 cm³/mol. The number of unbranched alkanes of at least 4 members (excludes halogenated alkanes) is 1. The van der Waals surface area contributed by atoms with Crippen molar-refractivity contribution in [3.8, 4) is 12.3 Å². The first-order chi connectivity index (χ1) is 7.69. The predicted octanol–water partition coefficient (Wildman–Crippen LogP) is 3.45. The van der Waals surface area contributed by atoms with Crippen molar-refractivity contribution in [1.29, 1.82) is 0 Å². The van der Waals surface area contributed by atoms with Crippen molar-refractivity contribution in [2.24, 2.45) is 0 Å². The molecule has 0 spiro atoms. The Labute approximate surface area is 106 Å². The summed E-state index contributed by atoms with van der Waals surface area (Å²) in [5.41, 5.74) is 0.825. The van der Waals surface area contributed by atoms with E-state index in [0.717, 1.165) is 25.0 Å². The summed E-state index contributed by atoms with van der Waals surface area (Å²) >= 11 is 11.9. The first-order valence-electron chi connectivity index (χ1n) is 5.10. The summed E-state index contributed by atoms with van der Waals surface area (Å²) in [6.45, 7) is 0. The van der Waals surface area contributed by atoms with E-state index >= 15 is 0 Å². The lowest BCUT2D eigenvalue weighted by molar-refractivity contribution is 0.520. The van der Waals surface area contributed by atoms with E-state index in [2.05, 4.69) is 16.2 Å². The van der Waals surface area contributed by atoms with E-state index in [0.29, 0.717) is 10.0 Å². The van der Waals surface area contributed by atoms with E-state index in [1.165, 1.54) is 0 Å². The van der Waals surface area contributed by atoms with Gasteiger partial charge in [0.15, 0.2) is 0 Å². The molecule has 0 aliphatic heterocycles. The highest BCUT2D eigenvalue weighted by Crippen LogP contribution is 2.26. The number of pyridine rings is 1. The number of terminal acetylenes is 1. The fourth-order valence-electron chi connectivity index (χ4n) is 1.51. The second-order valence-corrected chi connectivity index (χ2v) is 4.30. The Morgan fingerprint density at radius 2 is 2.31 bits per heavy atom. The normalized spacial score (nSPS) is 12.1. The van der Waals surface area contributed by atoms with E-state index in [-0.39, 0.29) is 6.04 Å². The third-order valence-electron chi connectivity index (χ3n) is 2.33. The van der Waals surface area contributed by atoms with Crippen molar-refractivity contribution in [1.82, 2.24) is 10.3 Å². The summed E-state index contributed by atoms with van der Waals surface area (Å²) < 4.78 is 0. The van der Waals surface area contributed by atoms with Gasteiger partial charge in [-0.2, -0.15) is 0 Å². The molecule has 0 aliphatic carbocycles. The van der Waals surface area contributed by atoms with Gasteiger partial charge in [-0.05, 0) is 26.0 Å². The van der Waals surface area contributed by atoms with Crippen molar-refractivity contribution >= 4 is 23.2 Å². The number of hydrogen-bond acceptors (Lipinski definition) is 2. The van der Waals surface area contributed by atoms with Crippen LogP contribution in [-0.4, -0.2) is 12.0 Å². The fourth-order valence-corrected chi connectivity index (χ4v) is 2.02. The topological polar surface area (TPSA) is 24.9 Å². The molecule has 1 heterocycles. The Balaban J connectivity index is 2.75. The Bertz CT molecular complexity index is 385. The molecule has 0 aliphatic rings. The summed E-state index contributed by atoms with van der Waals surface area (Å²) in [7, 11) is 1.88. The van der Waals surface area contributed by atoms with Gasteiger partial charge in [-0.3, -0.25) is 4.98 Å². The Morgan fingerprint density at radius 3 is 2.88 bits per heavy atom. The number of hydrogen-bond donors (Lipinski definition) is 1. The van der Waals surface area contributed by atoms with Gasteiger partial charge in [-0.25, -0.2) is 0 Å². The third-order valence-corrected chi connectivity index (χ3v) is 2.84. The molecular weight excluding hydrogens is 243 g/mol. The second kappa shape index (κ2) is 6.75. The highest BCUT2D eigenvalue weighted by Gasteiger charge is 2.14. The molecule has 0 aromatic carbocycles. The largest absolute Gasteiger partial charge is 0.312 e. The van der Waals surface area contributed by atoms with Crippen LogP contribution in [0.2, 0.25) is 10.0 Å². The van der Waals surface area contributed by atoms with E-state index in [9.17, 15) is 0 Å². The Hall–Kier alpha value is -0.750. The smallest absolute Gasteiger partial charge is 0.0760 e. The van der Waals surface area contributed by atoms with Crippen molar-refractivity contribution in [3.05, 3.63) is 28.0 Å². The van der Waals surface area contributed by atoms with Gasteiger partial charge in [0.05, 0.1) is 21.8 Å². The molecule has 1 aromatic rings. The zero-order chi connectivity index (χ0) is 12.0. The zero-order valence-corrected chi connectivity index (χ0v) is 10.6. The molecule has 0 bridgehead atoms. The van der Waals surface area contributed by atoms with Crippen LogP contribution in [0.1, 0.15) is 31.0 Å². The van der Waals surface area contributed by atoms with Gasteiger partial charge >= 0.3 is 0 Å². The Morgan fingerprint density at radius 1 is 1.56 bits per heavy atom. The van der Waals surface area contributed by atoms with Crippen LogP contribution in [0.15, 0.2) is 12.3 Å². The molecule has 4 heteroatoms. The van der Waals surface area contributed by atoms with Crippen molar-refractivity contribution < 1.29 is 0 Å². The van der Waals surface area contributed by atoms with Crippen molar-refractivity contribution in [3.63, 3.8) is 0 Å². The fraction of sp³-hybridized carbons (Fsp3) is 0.417. The van der Waals surface area contributed by atoms with Crippen molar-refractivity contribution in [2.75, 3.05) is 7.05 Å². The molecule has 86 valence electrons. The molecule has 1 rings (SSSR count). The van der Waals surface area contributed by atoms with Crippen LogP contribution in [0, 0.1) is 12.3 Å². The van der Waals surface area contributed by atoms with Crippen LogP contribution < -0.4 is 5.32 Å². The molecule has 1 aromatic heterocycles. The molecule has 1 atom stereocenters. The van der Waals surface area contributed by atoms with E-state index in [4.69, 9.17) is 29.6 Å². The summed E-state index contributed by atoms with van der Waals surface area (Å²) in [6, 6.07) is 1.83. The lowest BCUT2D eigenvalue weighted by atomic mass is 10.1. The third kappa shape index (κ3) is 3.68. The van der Waals surface area contributed by atoms with Crippen LogP contribution in [0.3, 0.4) is 0 Å². The van der Waals surface area contributed by atoms with E-state index < -0.39 is 0 Å². The first kappa shape index (κ1) is 13.3. The maximum Gasteiger partial charge on any atom is 0.0760 e. The quantitative estimate of drug-likeness (QED) is 0.645. The van der Waals surface area contributed by atoms with Crippen LogP contribution in [-0.2, 0) is 0 Å². The van der Waals surface area contributed by atoms with Gasteiger partial charge in [0.2, 0.25) is 0 Å². The van der Waals surface area contributed by atoms with Gasteiger partial charge in [-0.1, -0.05) is 23.2 Å². The minimum Gasteiger partial charge on any atom is -0.312 e. The maximum absolute atomic E-state index is 6.09. The maximum atomic E-state index is 6.09. The SMILES string of the molecule is C#CCCCC(NC)c1ncc(Cl)cc1Cl. The first-order valence-corrected chi connectivity index (χ1v) is 5.86. The van der Waals surface area contributed by atoms with Gasteiger partial charge in [0.25, 0.3) is 0 Å².